The molecule has 1 unspecified atom stereocenters. The number of hydrogen-bond donors (Lipinski definition) is 3. The highest BCUT2D eigenvalue weighted by molar-refractivity contribution is 6.34. The molecule has 3 amide bonds. The summed E-state index contributed by atoms with van der Waals surface area (Å²) in [4.78, 5) is 48.4. The van der Waals surface area contributed by atoms with E-state index in [4.69, 9.17) is 17.3 Å². The van der Waals surface area contributed by atoms with Crippen molar-refractivity contribution in [3.8, 4) is 17.1 Å². The monoisotopic (exact) mass is 716 g/mol. The van der Waals surface area contributed by atoms with Gasteiger partial charge in [0.15, 0.2) is 17.3 Å². The van der Waals surface area contributed by atoms with Gasteiger partial charge in [-0.3, -0.25) is 14.4 Å². The number of rotatable bonds is 10. The fourth-order valence-electron chi connectivity index (χ4n) is 5.69. The lowest BCUT2D eigenvalue weighted by Crippen LogP contribution is -3.05. The number of carbonyl (C=O) groups is 3. The van der Waals surface area contributed by atoms with E-state index in [9.17, 15) is 27.6 Å². The van der Waals surface area contributed by atoms with Crippen molar-refractivity contribution >= 4 is 40.8 Å². The first-order valence-corrected chi connectivity index (χ1v) is 16.3. The van der Waals surface area contributed by atoms with Crippen LogP contribution in [0.4, 0.5) is 24.7 Å². The van der Waals surface area contributed by atoms with E-state index in [1.54, 1.807) is 4.90 Å². The molecule has 0 aliphatic carbocycles. The zero-order valence-corrected chi connectivity index (χ0v) is 28.7. The lowest BCUT2D eigenvalue weighted by Gasteiger charge is -2.36. The number of imidazole rings is 1. The van der Waals surface area contributed by atoms with Crippen LogP contribution < -0.4 is 16.0 Å². The second-order valence-corrected chi connectivity index (χ2v) is 12.7. The van der Waals surface area contributed by atoms with Crippen molar-refractivity contribution in [3.63, 3.8) is 0 Å². The van der Waals surface area contributed by atoms with E-state index in [0.717, 1.165) is 36.5 Å². The van der Waals surface area contributed by atoms with Crippen molar-refractivity contribution in [2.45, 2.75) is 25.9 Å². The van der Waals surface area contributed by atoms with Crippen LogP contribution >= 0.6 is 11.6 Å². The number of nitrogens with zero attached hydrogens (tertiary/aromatic N) is 8. The lowest BCUT2D eigenvalue weighted by molar-refractivity contribution is -0.858. The number of nitrogen functional groups attached to an aromatic ring is 1. The van der Waals surface area contributed by atoms with Crippen LogP contribution in [0.2, 0.25) is 5.02 Å². The largest absolute Gasteiger partial charge is 0.435 e. The SMILES string of the molecule is CCC(CC[NH+](C)C)C(=O)N1CCN(C(=O)c2ccc(NC(=O)c3ncc(-c4cn(-c5ccc(N)nn5)nc4C(F)(F)F)n3C)cc2Cl)CC1. The van der Waals surface area contributed by atoms with Crippen molar-refractivity contribution in [1.29, 1.82) is 0 Å². The van der Waals surface area contributed by atoms with Gasteiger partial charge >= 0.3 is 6.18 Å². The Hall–Kier alpha value is -5.03. The van der Waals surface area contributed by atoms with Gasteiger partial charge in [-0.15, -0.1) is 10.2 Å². The molecule has 1 atom stereocenters. The maximum atomic E-state index is 14.0. The van der Waals surface area contributed by atoms with E-state index in [1.165, 1.54) is 46.8 Å². The zero-order chi connectivity index (χ0) is 36.3. The minimum atomic E-state index is -4.83. The van der Waals surface area contributed by atoms with E-state index < -0.39 is 17.8 Å². The van der Waals surface area contributed by atoms with Crippen LogP contribution in [0.1, 0.15) is 46.4 Å². The number of aromatic nitrogens is 6. The summed E-state index contributed by atoms with van der Waals surface area (Å²) in [5.74, 6) is -1.06. The molecule has 14 nitrogen and oxygen atoms in total. The molecular formula is C32H38ClF3N11O3+. The molecule has 3 aromatic heterocycles. The van der Waals surface area contributed by atoms with Crippen LogP contribution in [0.15, 0.2) is 42.7 Å². The average molecular weight is 717 g/mol. The van der Waals surface area contributed by atoms with Crippen LogP contribution in [0.3, 0.4) is 0 Å². The van der Waals surface area contributed by atoms with Gasteiger partial charge in [-0.25, -0.2) is 9.67 Å². The number of nitrogens with one attached hydrogen (secondary N) is 2. The van der Waals surface area contributed by atoms with Gasteiger partial charge < -0.3 is 30.3 Å². The third kappa shape index (κ3) is 7.89. The van der Waals surface area contributed by atoms with Crippen molar-refractivity contribution < 1.29 is 32.5 Å². The molecule has 266 valence electrons. The quantitative estimate of drug-likeness (QED) is 0.226. The molecule has 0 bridgehead atoms. The van der Waals surface area contributed by atoms with Crippen LogP contribution in [0.25, 0.3) is 17.1 Å². The summed E-state index contributed by atoms with van der Waals surface area (Å²) in [5, 5.41) is 13.8. The first-order chi connectivity index (χ1) is 23.7. The molecule has 0 spiro atoms. The molecule has 0 saturated carbocycles. The molecule has 0 radical (unpaired) electrons. The van der Waals surface area contributed by atoms with Crippen molar-refractivity contribution in [2.24, 2.45) is 13.0 Å². The van der Waals surface area contributed by atoms with Crippen LogP contribution in [0, 0.1) is 5.92 Å². The third-order valence-corrected chi connectivity index (χ3v) is 8.84. The number of hydrogen-bond acceptors (Lipinski definition) is 8. The van der Waals surface area contributed by atoms with Gasteiger partial charge in [-0.05, 0) is 36.8 Å². The molecular weight excluding hydrogens is 679 g/mol. The summed E-state index contributed by atoms with van der Waals surface area (Å²) < 4.78 is 44.1. The number of nitrogens with two attached hydrogens (primary N) is 1. The maximum absolute atomic E-state index is 14.0. The second-order valence-electron chi connectivity index (χ2n) is 12.3. The minimum absolute atomic E-state index is 0.00390. The smallest absolute Gasteiger partial charge is 0.382 e. The second kappa shape index (κ2) is 14.8. The summed E-state index contributed by atoms with van der Waals surface area (Å²) in [5.41, 5.74) is 4.43. The summed E-state index contributed by atoms with van der Waals surface area (Å²) in [6.07, 6.45) is -1.01. The van der Waals surface area contributed by atoms with E-state index in [-0.39, 0.29) is 62.7 Å². The van der Waals surface area contributed by atoms with Crippen LogP contribution in [0.5, 0.6) is 0 Å². The number of piperazine rings is 1. The third-order valence-electron chi connectivity index (χ3n) is 8.53. The number of halogens is 4. The van der Waals surface area contributed by atoms with Crippen LogP contribution in [-0.2, 0) is 18.0 Å². The highest BCUT2D eigenvalue weighted by Gasteiger charge is 2.39. The van der Waals surface area contributed by atoms with E-state index in [1.807, 2.05) is 11.8 Å². The van der Waals surface area contributed by atoms with Gasteiger partial charge in [0, 0.05) is 57.4 Å². The normalized spacial score (nSPS) is 14.3. The Kier molecular flexibility index (Phi) is 10.8. The van der Waals surface area contributed by atoms with Gasteiger partial charge in [0.1, 0.15) is 5.82 Å². The van der Waals surface area contributed by atoms with E-state index >= 15 is 0 Å². The Balaban J connectivity index is 1.26. The number of alkyl halides is 3. The Bertz CT molecular complexity index is 1870. The molecule has 18 heteroatoms. The first-order valence-electron chi connectivity index (χ1n) is 15.9. The number of anilines is 2. The standard InChI is InChI=1S/C32H37ClF3N11O3/c1-5-19(10-11-43(2)3)30(49)45-12-14-46(15-13-45)31(50)21-7-6-20(16-23(21)33)39-29(48)28-38-17-24(44(28)4)22-18-47(42-27(22)32(34,35)36)26-9-8-25(37)40-41-26/h6-9,16-19H,5,10-15H2,1-4H3,(H2,37,40)(H,39,48)/p+1. The predicted octanol–water partition coefficient (Wildman–Crippen LogP) is 2.41. The minimum Gasteiger partial charge on any atom is -0.382 e. The first kappa shape index (κ1) is 36.3. The molecule has 1 saturated heterocycles. The van der Waals surface area contributed by atoms with Gasteiger partial charge in [0.05, 0.1) is 48.7 Å². The van der Waals surface area contributed by atoms with Crippen molar-refractivity contribution in [2.75, 3.05) is 57.9 Å². The van der Waals surface area contributed by atoms with Gasteiger partial charge in [-0.2, -0.15) is 18.3 Å². The number of amides is 3. The topological polar surface area (TPSA) is 162 Å². The van der Waals surface area contributed by atoms with Gasteiger partial charge in [0.25, 0.3) is 11.8 Å². The number of benzene rings is 1. The van der Waals surface area contributed by atoms with E-state index in [2.05, 4.69) is 39.7 Å². The maximum Gasteiger partial charge on any atom is 0.435 e. The van der Waals surface area contributed by atoms with E-state index in [0.29, 0.717) is 26.2 Å². The predicted molar refractivity (Wildman–Crippen MR) is 179 cm³/mol. The number of carbonyl (C=O) groups excluding carboxylic acids is 3. The molecule has 1 aromatic carbocycles. The summed E-state index contributed by atoms with van der Waals surface area (Å²) >= 11 is 6.49. The molecule has 1 aliphatic heterocycles. The van der Waals surface area contributed by atoms with Crippen LogP contribution in [-0.4, -0.2) is 104 Å². The van der Waals surface area contributed by atoms with Crippen molar-refractivity contribution in [1.82, 2.24) is 39.3 Å². The molecule has 1 aliphatic rings. The molecule has 4 aromatic rings. The highest BCUT2D eigenvalue weighted by atomic mass is 35.5. The Morgan fingerprint density at radius 1 is 1.06 bits per heavy atom. The molecule has 4 heterocycles. The molecule has 4 N–H and O–H groups in total. The zero-order valence-electron chi connectivity index (χ0n) is 28.0. The fourth-order valence-corrected chi connectivity index (χ4v) is 5.95. The fraction of sp³-hybridized carbons (Fsp3) is 0.406. The molecule has 1 fully saturated rings. The molecule has 50 heavy (non-hydrogen) atoms. The summed E-state index contributed by atoms with van der Waals surface area (Å²) in [6.45, 7) is 4.48. The number of quaternary nitrogens is 1. The van der Waals surface area contributed by atoms with Crippen molar-refractivity contribution in [3.05, 3.63) is 64.8 Å². The Morgan fingerprint density at radius 3 is 2.36 bits per heavy atom. The lowest BCUT2D eigenvalue weighted by atomic mass is 10.00. The Morgan fingerprint density at radius 2 is 1.76 bits per heavy atom. The van der Waals surface area contributed by atoms with Gasteiger partial charge in [-0.1, -0.05) is 18.5 Å². The van der Waals surface area contributed by atoms with Gasteiger partial charge in [0.2, 0.25) is 5.91 Å². The summed E-state index contributed by atoms with van der Waals surface area (Å²) in [7, 11) is 5.51. The average Bonchev–Trinajstić information content (AvgIpc) is 3.69. The summed E-state index contributed by atoms with van der Waals surface area (Å²) in [6, 6.07) is 7.14. The highest BCUT2D eigenvalue weighted by Crippen LogP contribution is 2.37. The Labute approximate surface area is 291 Å². The molecule has 5 rings (SSSR count).